The van der Waals surface area contributed by atoms with Gasteiger partial charge in [-0.05, 0) is 42.5 Å². The highest BCUT2D eigenvalue weighted by Gasteiger charge is 2.07. The molecule has 0 aromatic carbocycles. The second-order valence-electron chi connectivity index (χ2n) is 4.23. The first-order chi connectivity index (χ1) is 9.74. The van der Waals surface area contributed by atoms with Crippen molar-refractivity contribution in [3.05, 3.63) is 45.8 Å². The molecule has 0 spiro atoms. The van der Waals surface area contributed by atoms with Gasteiger partial charge in [0, 0.05) is 11.1 Å². The van der Waals surface area contributed by atoms with Crippen LogP contribution in [-0.4, -0.2) is 17.6 Å². The number of rotatable bonds is 6. The standard InChI is InChI=1S/C15H18N2O2S/c1-3-11-7-8-20-13(11)10-17-14-6-5-12(9-16-14)15(18)19-4-2/h5-9H,3-4,10H2,1-2H3,(H,16,17). The van der Waals surface area contributed by atoms with Crippen molar-refractivity contribution in [3.8, 4) is 0 Å². The Morgan fingerprint density at radius 3 is 2.85 bits per heavy atom. The molecule has 5 heteroatoms. The summed E-state index contributed by atoms with van der Waals surface area (Å²) in [5, 5.41) is 5.37. The highest BCUT2D eigenvalue weighted by Crippen LogP contribution is 2.18. The van der Waals surface area contributed by atoms with Crippen molar-refractivity contribution in [2.24, 2.45) is 0 Å². The Labute approximate surface area is 122 Å². The summed E-state index contributed by atoms with van der Waals surface area (Å²) in [6.45, 7) is 5.06. The van der Waals surface area contributed by atoms with Crippen LogP contribution in [0.5, 0.6) is 0 Å². The Balaban J connectivity index is 1.95. The number of hydrogen-bond donors (Lipinski definition) is 1. The molecule has 0 unspecified atom stereocenters. The van der Waals surface area contributed by atoms with Crippen molar-refractivity contribution >= 4 is 23.1 Å². The zero-order chi connectivity index (χ0) is 14.4. The Hall–Kier alpha value is -1.88. The lowest BCUT2D eigenvalue weighted by Gasteiger charge is -2.06. The van der Waals surface area contributed by atoms with E-state index in [1.54, 1.807) is 30.4 Å². The summed E-state index contributed by atoms with van der Waals surface area (Å²) in [5.74, 6) is 0.423. The molecule has 1 N–H and O–H groups in total. The molecule has 2 rings (SSSR count). The SMILES string of the molecule is CCOC(=O)c1ccc(NCc2sccc2CC)nc1. The Morgan fingerprint density at radius 1 is 1.35 bits per heavy atom. The number of ether oxygens (including phenoxy) is 1. The van der Waals surface area contributed by atoms with E-state index < -0.39 is 0 Å². The number of hydrogen-bond acceptors (Lipinski definition) is 5. The van der Waals surface area contributed by atoms with E-state index >= 15 is 0 Å². The van der Waals surface area contributed by atoms with Crippen molar-refractivity contribution in [3.63, 3.8) is 0 Å². The molecule has 0 radical (unpaired) electrons. The third kappa shape index (κ3) is 3.57. The van der Waals surface area contributed by atoms with Crippen LogP contribution < -0.4 is 5.32 Å². The lowest BCUT2D eigenvalue weighted by Crippen LogP contribution is -2.06. The van der Waals surface area contributed by atoms with Crippen LogP contribution in [0.4, 0.5) is 5.82 Å². The summed E-state index contributed by atoms with van der Waals surface area (Å²) >= 11 is 1.74. The molecule has 0 saturated heterocycles. The van der Waals surface area contributed by atoms with Crippen LogP contribution in [0.3, 0.4) is 0 Å². The molecular weight excluding hydrogens is 272 g/mol. The second-order valence-corrected chi connectivity index (χ2v) is 5.23. The largest absolute Gasteiger partial charge is 0.462 e. The van der Waals surface area contributed by atoms with Crippen molar-refractivity contribution in [1.82, 2.24) is 4.98 Å². The van der Waals surface area contributed by atoms with E-state index in [1.165, 1.54) is 16.6 Å². The Morgan fingerprint density at radius 2 is 2.20 bits per heavy atom. The van der Waals surface area contributed by atoms with Crippen LogP contribution >= 0.6 is 11.3 Å². The topological polar surface area (TPSA) is 51.2 Å². The lowest BCUT2D eigenvalue weighted by molar-refractivity contribution is 0.0526. The molecule has 106 valence electrons. The fourth-order valence-corrected chi connectivity index (χ4v) is 2.76. The van der Waals surface area contributed by atoms with Crippen LogP contribution in [0.2, 0.25) is 0 Å². The first kappa shape index (κ1) is 14.5. The zero-order valence-corrected chi connectivity index (χ0v) is 12.5. The van der Waals surface area contributed by atoms with E-state index in [1.807, 2.05) is 0 Å². The molecule has 0 bridgehead atoms. The van der Waals surface area contributed by atoms with Crippen LogP contribution in [0.15, 0.2) is 29.8 Å². The molecule has 0 saturated carbocycles. The van der Waals surface area contributed by atoms with E-state index in [-0.39, 0.29) is 5.97 Å². The molecule has 0 aliphatic carbocycles. The maximum Gasteiger partial charge on any atom is 0.339 e. The minimum Gasteiger partial charge on any atom is -0.462 e. The highest BCUT2D eigenvalue weighted by atomic mass is 32.1. The number of pyridine rings is 1. The van der Waals surface area contributed by atoms with Gasteiger partial charge in [0.1, 0.15) is 5.82 Å². The number of esters is 1. The van der Waals surface area contributed by atoms with Gasteiger partial charge in [-0.2, -0.15) is 0 Å². The van der Waals surface area contributed by atoms with Gasteiger partial charge in [-0.1, -0.05) is 6.92 Å². The fraction of sp³-hybridized carbons (Fsp3) is 0.333. The number of nitrogens with zero attached hydrogens (tertiary/aromatic N) is 1. The van der Waals surface area contributed by atoms with Gasteiger partial charge in [-0.25, -0.2) is 9.78 Å². The molecule has 4 nitrogen and oxygen atoms in total. The first-order valence-electron chi connectivity index (χ1n) is 6.66. The van der Waals surface area contributed by atoms with Gasteiger partial charge < -0.3 is 10.1 Å². The van der Waals surface area contributed by atoms with E-state index in [9.17, 15) is 4.79 Å². The Kier molecular flexibility index (Phi) is 5.12. The normalized spacial score (nSPS) is 10.3. The molecule has 0 aliphatic heterocycles. The lowest BCUT2D eigenvalue weighted by atomic mass is 10.2. The third-order valence-electron chi connectivity index (χ3n) is 2.92. The van der Waals surface area contributed by atoms with Gasteiger partial charge in [0.15, 0.2) is 0 Å². The van der Waals surface area contributed by atoms with Crippen LogP contribution in [0, 0.1) is 0 Å². The van der Waals surface area contributed by atoms with Gasteiger partial charge in [0.2, 0.25) is 0 Å². The van der Waals surface area contributed by atoms with Crippen molar-refractivity contribution in [1.29, 1.82) is 0 Å². The molecule has 20 heavy (non-hydrogen) atoms. The second kappa shape index (κ2) is 7.05. The summed E-state index contributed by atoms with van der Waals surface area (Å²) in [7, 11) is 0. The molecule has 0 amide bonds. The van der Waals surface area contributed by atoms with Gasteiger partial charge in [-0.15, -0.1) is 11.3 Å². The highest BCUT2D eigenvalue weighted by molar-refractivity contribution is 7.10. The van der Waals surface area contributed by atoms with Gasteiger partial charge in [-0.3, -0.25) is 0 Å². The van der Waals surface area contributed by atoms with E-state index in [2.05, 4.69) is 28.7 Å². The first-order valence-corrected chi connectivity index (χ1v) is 7.54. The Bertz CT molecular complexity index is 564. The number of anilines is 1. The maximum atomic E-state index is 11.5. The predicted octanol–water partition coefficient (Wildman–Crippen LogP) is 3.49. The molecule has 2 aromatic heterocycles. The number of thiophene rings is 1. The molecule has 0 atom stereocenters. The van der Waals surface area contributed by atoms with Crippen LogP contribution in [0.25, 0.3) is 0 Å². The van der Waals surface area contributed by atoms with Gasteiger partial charge >= 0.3 is 5.97 Å². The summed E-state index contributed by atoms with van der Waals surface area (Å²) in [5.41, 5.74) is 1.84. The molecule has 0 fully saturated rings. The molecule has 2 heterocycles. The average molecular weight is 290 g/mol. The number of carbonyl (C=O) groups is 1. The summed E-state index contributed by atoms with van der Waals surface area (Å²) < 4.78 is 4.92. The van der Waals surface area contributed by atoms with Crippen LogP contribution in [-0.2, 0) is 17.7 Å². The van der Waals surface area contributed by atoms with E-state index in [0.29, 0.717) is 12.2 Å². The third-order valence-corrected chi connectivity index (χ3v) is 3.89. The average Bonchev–Trinajstić information content (AvgIpc) is 2.93. The van der Waals surface area contributed by atoms with Crippen LogP contribution in [0.1, 0.15) is 34.6 Å². The van der Waals surface area contributed by atoms with Crippen molar-refractivity contribution in [2.45, 2.75) is 26.8 Å². The van der Waals surface area contributed by atoms with Gasteiger partial charge in [0.05, 0.1) is 18.7 Å². The zero-order valence-electron chi connectivity index (χ0n) is 11.7. The molecule has 2 aromatic rings. The fourth-order valence-electron chi connectivity index (χ4n) is 1.84. The number of nitrogens with one attached hydrogen (secondary N) is 1. The quantitative estimate of drug-likeness (QED) is 0.827. The van der Waals surface area contributed by atoms with E-state index in [4.69, 9.17) is 4.74 Å². The number of carbonyl (C=O) groups excluding carboxylic acids is 1. The minimum atomic E-state index is -0.335. The summed E-state index contributed by atoms with van der Waals surface area (Å²) in [6.07, 6.45) is 2.57. The maximum absolute atomic E-state index is 11.5. The smallest absolute Gasteiger partial charge is 0.339 e. The summed E-state index contributed by atoms with van der Waals surface area (Å²) in [4.78, 5) is 17.1. The van der Waals surface area contributed by atoms with Crippen molar-refractivity contribution < 1.29 is 9.53 Å². The van der Waals surface area contributed by atoms with E-state index in [0.717, 1.165) is 18.8 Å². The summed E-state index contributed by atoms with van der Waals surface area (Å²) in [6, 6.07) is 5.67. The number of aryl methyl sites for hydroxylation is 1. The minimum absolute atomic E-state index is 0.335. The molecular formula is C15H18N2O2S. The number of aromatic nitrogens is 1. The monoisotopic (exact) mass is 290 g/mol. The predicted molar refractivity (Wildman–Crippen MR) is 81.2 cm³/mol. The van der Waals surface area contributed by atoms with Gasteiger partial charge in [0.25, 0.3) is 0 Å². The molecule has 0 aliphatic rings. The van der Waals surface area contributed by atoms with Crippen molar-refractivity contribution in [2.75, 3.05) is 11.9 Å².